The first kappa shape index (κ1) is 18.0. The maximum atomic E-state index is 12.6. The van der Waals surface area contributed by atoms with Crippen molar-refractivity contribution in [2.45, 2.75) is 13.3 Å². The van der Waals surface area contributed by atoms with Crippen molar-refractivity contribution in [3.63, 3.8) is 0 Å². The van der Waals surface area contributed by atoms with Crippen LogP contribution in [0.1, 0.15) is 23.7 Å². The van der Waals surface area contributed by atoms with Crippen LogP contribution in [0, 0.1) is 11.8 Å². The summed E-state index contributed by atoms with van der Waals surface area (Å²) in [6, 6.07) is 13.9. The van der Waals surface area contributed by atoms with Gasteiger partial charge in [-0.3, -0.25) is 14.5 Å². The van der Waals surface area contributed by atoms with Gasteiger partial charge in [0.1, 0.15) is 0 Å². The van der Waals surface area contributed by atoms with Crippen LogP contribution in [0.2, 0.25) is 0 Å². The zero-order chi connectivity index (χ0) is 19.7. The van der Waals surface area contributed by atoms with E-state index in [1.807, 2.05) is 13.0 Å². The van der Waals surface area contributed by atoms with Gasteiger partial charge in [-0.05, 0) is 48.7 Å². The van der Waals surface area contributed by atoms with Crippen molar-refractivity contribution in [1.82, 2.24) is 5.32 Å². The minimum atomic E-state index is -0.279. The molecule has 28 heavy (non-hydrogen) atoms. The minimum absolute atomic E-state index is 0.00153. The summed E-state index contributed by atoms with van der Waals surface area (Å²) >= 11 is 0. The second-order valence-corrected chi connectivity index (χ2v) is 7.28. The molecular weight excluding hydrogens is 356 g/mol. The topological polar surface area (TPSA) is 90.5 Å². The van der Waals surface area contributed by atoms with Gasteiger partial charge in [0.25, 0.3) is 5.91 Å². The third-order valence-electron chi connectivity index (χ3n) is 5.11. The largest absolute Gasteiger partial charge is 0.336 e. The van der Waals surface area contributed by atoms with E-state index in [1.165, 1.54) is 0 Å². The first-order valence-corrected chi connectivity index (χ1v) is 9.39. The summed E-state index contributed by atoms with van der Waals surface area (Å²) in [6.45, 7) is 3.25. The molecule has 1 aliphatic carbocycles. The number of carbonyl (C=O) groups is 3. The summed E-state index contributed by atoms with van der Waals surface area (Å²) in [6.07, 6.45) is 0.914. The molecule has 0 aromatic heterocycles. The third-order valence-corrected chi connectivity index (χ3v) is 5.11. The van der Waals surface area contributed by atoms with Crippen LogP contribution in [0.4, 0.5) is 21.9 Å². The lowest BCUT2D eigenvalue weighted by atomic mass is 10.1. The Morgan fingerprint density at radius 3 is 2.46 bits per heavy atom. The van der Waals surface area contributed by atoms with Gasteiger partial charge in [-0.25, -0.2) is 4.79 Å². The molecule has 2 aromatic carbocycles. The summed E-state index contributed by atoms with van der Waals surface area (Å²) < 4.78 is 0. The van der Waals surface area contributed by atoms with E-state index < -0.39 is 0 Å². The first-order valence-electron chi connectivity index (χ1n) is 9.39. The van der Waals surface area contributed by atoms with Crippen LogP contribution in [0.3, 0.4) is 0 Å². The average Bonchev–Trinajstić information content (AvgIpc) is 3.27. The van der Waals surface area contributed by atoms with Gasteiger partial charge in [0.2, 0.25) is 5.91 Å². The Morgan fingerprint density at radius 1 is 1.07 bits per heavy atom. The van der Waals surface area contributed by atoms with Crippen molar-refractivity contribution in [2.75, 3.05) is 28.6 Å². The lowest BCUT2D eigenvalue weighted by molar-refractivity contribution is -0.117. The molecular formula is C21H22N4O3. The highest BCUT2D eigenvalue weighted by molar-refractivity contribution is 6.06. The Kier molecular flexibility index (Phi) is 4.73. The number of nitrogens with one attached hydrogen (secondary N) is 3. The molecule has 0 bridgehead atoms. The van der Waals surface area contributed by atoms with E-state index in [0.717, 1.165) is 12.1 Å². The lowest BCUT2D eigenvalue weighted by Gasteiger charge is -2.15. The summed E-state index contributed by atoms with van der Waals surface area (Å²) in [5, 5.41) is 8.48. The first-order chi connectivity index (χ1) is 13.5. The standard InChI is InChI=1S/C21H22N4O3/c1-13-10-18(13)20(27)24-15-5-2-4-14(11-15)19(26)23-16-6-3-7-17(12-16)25-9-8-22-21(25)28/h2-7,11-13,18H,8-10H2,1H3,(H,22,28)(H,23,26)(H,24,27). The van der Waals surface area contributed by atoms with Crippen molar-refractivity contribution in [2.24, 2.45) is 11.8 Å². The van der Waals surface area contributed by atoms with Crippen molar-refractivity contribution in [1.29, 1.82) is 0 Å². The van der Waals surface area contributed by atoms with Crippen LogP contribution < -0.4 is 20.9 Å². The Balaban J connectivity index is 1.44. The second kappa shape index (κ2) is 7.34. The van der Waals surface area contributed by atoms with Crippen LogP contribution in [0.5, 0.6) is 0 Å². The third kappa shape index (κ3) is 3.83. The normalized spacial score (nSPS) is 20.5. The quantitative estimate of drug-likeness (QED) is 0.747. The molecule has 4 rings (SSSR count). The SMILES string of the molecule is CC1CC1C(=O)Nc1cccc(C(=O)Nc2cccc(N3CCNC3=O)c2)c1. The fourth-order valence-electron chi connectivity index (χ4n) is 3.33. The van der Waals surface area contributed by atoms with Gasteiger partial charge in [-0.1, -0.05) is 19.1 Å². The predicted molar refractivity (Wildman–Crippen MR) is 107 cm³/mol. The average molecular weight is 378 g/mol. The summed E-state index contributed by atoms with van der Waals surface area (Å²) in [4.78, 5) is 38.2. The van der Waals surface area contributed by atoms with Crippen LogP contribution in [0.25, 0.3) is 0 Å². The number of nitrogens with zero attached hydrogens (tertiary/aromatic N) is 1. The minimum Gasteiger partial charge on any atom is -0.336 e. The van der Waals surface area contributed by atoms with E-state index in [0.29, 0.717) is 35.9 Å². The molecule has 1 heterocycles. The van der Waals surface area contributed by atoms with E-state index in [4.69, 9.17) is 0 Å². The highest BCUT2D eigenvalue weighted by Crippen LogP contribution is 2.38. The molecule has 2 aliphatic rings. The lowest BCUT2D eigenvalue weighted by Crippen LogP contribution is -2.27. The molecule has 0 spiro atoms. The van der Waals surface area contributed by atoms with Gasteiger partial charge < -0.3 is 16.0 Å². The molecule has 2 aromatic rings. The molecule has 1 saturated carbocycles. The number of carbonyl (C=O) groups excluding carboxylic acids is 3. The maximum absolute atomic E-state index is 12.6. The Morgan fingerprint density at radius 2 is 1.79 bits per heavy atom. The van der Waals surface area contributed by atoms with Crippen molar-refractivity contribution >= 4 is 34.9 Å². The molecule has 3 N–H and O–H groups in total. The molecule has 144 valence electrons. The van der Waals surface area contributed by atoms with Gasteiger partial charge >= 0.3 is 6.03 Å². The van der Waals surface area contributed by atoms with Gasteiger partial charge in [-0.2, -0.15) is 0 Å². The molecule has 1 aliphatic heterocycles. The Bertz CT molecular complexity index is 943. The van der Waals surface area contributed by atoms with Crippen LogP contribution in [-0.2, 0) is 4.79 Å². The van der Waals surface area contributed by atoms with Crippen molar-refractivity contribution < 1.29 is 14.4 Å². The molecule has 0 radical (unpaired) electrons. The van der Waals surface area contributed by atoms with Gasteiger partial charge in [0, 0.05) is 41.6 Å². The van der Waals surface area contributed by atoms with E-state index >= 15 is 0 Å². The maximum Gasteiger partial charge on any atom is 0.321 e. The second-order valence-electron chi connectivity index (χ2n) is 7.28. The molecule has 7 nitrogen and oxygen atoms in total. The number of benzene rings is 2. The Labute approximate surface area is 163 Å². The zero-order valence-corrected chi connectivity index (χ0v) is 15.6. The van der Waals surface area contributed by atoms with E-state index in [2.05, 4.69) is 16.0 Å². The monoisotopic (exact) mass is 378 g/mol. The summed E-state index contributed by atoms with van der Waals surface area (Å²) in [5.74, 6) is 0.222. The van der Waals surface area contributed by atoms with Gasteiger partial charge in [-0.15, -0.1) is 0 Å². The molecule has 7 heteroatoms. The van der Waals surface area contributed by atoms with Gasteiger partial charge in [0.05, 0.1) is 0 Å². The van der Waals surface area contributed by atoms with E-state index in [-0.39, 0.29) is 23.8 Å². The summed E-state index contributed by atoms with van der Waals surface area (Å²) in [5.41, 5.74) is 2.39. The highest BCUT2D eigenvalue weighted by Gasteiger charge is 2.39. The fraction of sp³-hybridized carbons (Fsp3) is 0.286. The summed E-state index contributed by atoms with van der Waals surface area (Å²) in [7, 11) is 0. The number of hydrogen-bond acceptors (Lipinski definition) is 3. The number of anilines is 3. The Hall–Kier alpha value is -3.35. The van der Waals surface area contributed by atoms with E-state index in [9.17, 15) is 14.4 Å². The molecule has 4 amide bonds. The number of rotatable bonds is 5. The number of hydrogen-bond donors (Lipinski definition) is 3. The molecule has 2 atom stereocenters. The molecule has 1 saturated heterocycles. The molecule has 2 unspecified atom stereocenters. The van der Waals surface area contributed by atoms with Crippen LogP contribution in [-0.4, -0.2) is 30.9 Å². The van der Waals surface area contributed by atoms with Crippen molar-refractivity contribution in [3.8, 4) is 0 Å². The number of urea groups is 1. The van der Waals surface area contributed by atoms with Crippen molar-refractivity contribution in [3.05, 3.63) is 54.1 Å². The van der Waals surface area contributed by atoms with Gasteiger partial charge in [0.15, 0.2) is 0 Å². The predicted octanol–water partition coefficient (Wildman–Crippen LogP) is 3.06. The number of amides is 4. The smallest absolute Gasteiger partial charge is 0.321 e. The van der Waals surface area contributed by atoms with Crippen LogP contribution >= 0.6 is 0 Å². The zero-order valence-electron chi connectivity index (χ0n) is 15.6. The van der Waals surface area contributed by atoms with Crippen LogP contribution in [0.15, 0.2) is 48.5 Å². The van der Waals surface area contributed by atoms with E-state index in [1.54, 1.807) is 47.4 Å². The molecule has 2 fully saturated rings. The highest BCUT2D eigenvalue weighted by atomic mass is 16.2. The fourth-order valence-corrected chi connectivity index (χ4v) is 3.33.